The standard InChI is InChI=1S/C17H28N4O2/c1-4-7-21-12-15(14(2)18-21)16(22)20-9-8-19(3)17(13-20)5-10-23-11-6-17/h12H,4-11,13H2,1-3H3. The predicted octanol–water partition coefficient (Wildman–Crippen LogP) is 1.54. The smallest absolute Gasteiger partial charge is 0.257 e. The summed E-state index contributed by atoms with van der Waals surface area (Å²) in [4.78, 5) is 17.4. The van der Waals surface area contributed by atoms with E-state index in [4.69, 9.17) is 4.74 Å². The van der Waals surface area contributed by atoms with E-state index >= 15 is 0 Å². The van der Waals surface area contributed by atoms with Crippen molar-refractivity contribution < 1.29 is 9.53 Å². The summed E-state index contributed by atoms with van der Waals surface area (Å²) in [5, 5.41) is 4.47. The number of likely N-dealkylation sites (N-methyl/N-ethyl adjacent to an activating group) is 1. The lowest BCUT2D eigenvalue weighted by molar-refractivity contribution is -0.0543. The molecule has 0 unspecified atom stereocenters. The summed E-state index contributed by atoms with van der Waals surface area (Å²) in [6, 6.07) is 0. The number of amides is 1. The zero-order valence-electron chi connectivity index (χ0n) is 14.5. The molecule has 0 aromatic carbocycles. The van der Waals surface area contributed by atoms with Crippen molar-refractivity contribution in [3.05, 3.63) is 17.5 Å². The highest BCUT2D eigenvalue weighted by atomic mass is 16.5. The highest BCUT2D eigenvalue weighted by Crippen LogP contribution is 2.31. The molecule has 3 rings (SSSR count). The number of nitrogens with zero attached hydrogens (tertiary/aromatic N) is 4. The fraction of sp³-hybridized carbons (Fsp3) is 0.765. The van der Waals surface area contributed by atoms with Crippen LogP contribution in [0, 0.1) is 6.92 Å². The summed E-state index contributed by atoms with van der Waals surface area (Å²) in [6.07, 6.45) is 4.94. The van der Waals surface area contributed by atoms with Gasteiger partial charge < -0.3 is 9.64 Å². The first-order valence-electron chi connectivity index (χ1n) is 8.68. The van der Waals surface area contributed by atoms with E-state index in [1.165, 1.54) is 0 Å². The van der Waals surface area contributed by atoms with Crippen LogP contribution in [-0.4, -0.2) is 70.9 Å². The van der Waals surface area contributed by atoms with Crippen molar-refractivity contribution in [3.8, 4) is 0 Å². The highest BCUT2D eigenvalue weighted by Gasteiger charge is 2.42. The minimum absolute atomic E-state index is 0.0828. The average molecular weight is 320 g/mol. The third-order valence-corrected chi connectivity index (χ3v) is 5.34. The minimum atomic E-state index is 0.0828. The fourth-order valence-corrected chi connectivity index (χ4v) is 3.77. The number of aryl methyl sites for hydroxylation is 2. The van der Waals surface area contributed by atoms with Crippen LogP contribution in [0.15, 0.2) is 6.20 Å². The molecule has 6 nitrogen and oxygen atoms in total. The molecule has 2 saturated heterocycles. The first kappa shape index (κ1) is 16.5. The first-order chi connectivity index (χ1) is 11.1. The van der Waals surface area contributed by atoms with Crippen LogP contribution in [-0.2, 0) is 11.3 Å². The van der Waals surface area contributed by atoms with Gasteiger partial charge in [0.25, 0.3) is 5.91 Å². The molecule has 0 bridgehead atoms. The zero-order chi connectivity index (χ0) is 16.4. The van der Waals surface area contributed by atoms with Crippen molar-refractivity contribution in [2.45, 2.75) is 45.2 Å². The Morgan fingerprint density at radius 2 is 2.09 bits per heavy atom. The van der Waals surface area contributed by atoms with Gasteiger partial charge in [0, 0.05) is 51.1 Å². The van der Waals surface area contributed by atoms with E-state index in [9.17, 15) is 4.79 Å². The summed E-state index contributed by atoms with van der Waals surface area (Å²) in [5.41, 5.74) is 1.67. The van der Waals surface area contributed by atoms with E-state index in [0.29, 0.717) is 0 Å². The molecule has 23 heavy (non-hydrogen) atoms. The molecule has 2 aliphatic rings. The van der Waals surface area contributed by atoms with E-state index < -0.39 is 0 Å². The molecule has 2 aliphatic heterocycles. The van der Waals surface area contributed by atoms with E-state index in [-0.39, 0.29) is 11.4 Å². The van der Waals surface area contributed by atoms with Gasteiger partial charge in [-0.2, -0.15) is 5.10 Å². The van der Waals surface area contributed by atoms with Crippen LogP contribution in [0.4, 0.5) is 0 Å². The summed E-state index contributed by atoms with van der Waals surface area (Å²) in [6.45, 7) is 9.00. The summed E-state index contributed by atoms with van der Waals surface area (Å²) >= 11 is 0. The van der Waals surface area contributed by atoms with E-state index in [1.807, 2.05) is 22.7 Å². The van der Waals surface area contributed by atoms with E-state index in [2.05, 4.69) is 24.0 Å². The number of carbonyl (C=O) groups excluding carboxylic acids is 1. The van der Waals surface area contributed by atoms with Crippen LogP contribution in [0.3, 0.4) is 0 Å². The molecule has 1 aromatic rings. The van der Waals surface area contributed by atoms with Crippen LogP contribution in [0.1, 0.15) is 42.2 Å². The molecule has 0 N–H and O–H groups in total. The Bertz CT molecular complexity index is 563. The van der Waals surface area contributed by atoms with Gasteiger partial charge >= 0.3 is 0 Å². The molecule has 1 spiro atoms. The van der Waals surface area contributed by atoms with Crippen LogP contribution >= 0.6 is 0 Å². The average Bonchev–Trinajstić information content (AvgIpc) is 2.91. The van der Waals surface area contributed by atoms with Gasteiger partial charge in [0.15, 0.2) is 0 Å². The molecule has 1 amide bonds. The van der Waals surface area contributed by atoms with Gasteiger partial charge in [-0.15, -0.1) is 0 Å². The molecule has 0 aliphatic carbocycles. The SMILES string of the molecule is CCCn1cc(C(=O)N2CCN(C)C3(CCOCC3)C2)c(C)n1. The number of carbonyl (C=O) groups is 1. The second-order valence-corrected chi connectivity index (χ2v) is 6.88. The molecule has 0 atom stereocenters. The van der Waals surface area contributed by atoms with Gasteiger partial charge in [0.2, 0.25) is 0 Å². The van der Waals surface area contributed by atoms with Crippen molar-refractivity contribution >= 4 is 5.91 Å². The lowest BCUT2D eigenvalue weighted by atomic mass is 9.85. The van der Waals surface area contributed by atoms with Crippen LogP contribution < -0.4 is 0 Å². The third-order valence-electron chi connectivity index (χ3n) is 5.34. The van der Waals surface area contributed by atoms with Gasteiger partial charge in [0.1, 0.15) is 0 Å². The molecular weight excluding hydrogens is 292 g/mol. The van der Waals surface area contributed by atoms with Crippen molar-refractivity contribution in [3.63, 3.8) is 0 Å². The number of hydrogen-bond acceptors (Lipinski definition) is 4. The number of piperazine rings is 1. The van der Waals surface area contributed by atoms with Crippen molar-refractivity contribution in [2.24, 2.45) is 0 Å². The monoisotopic (exact) mass is 320 g/mol. The van der Waals surface area contributed by atoms with Crippen LogP contribution in [0.5, 0.6) is 0 Å². The maximum atomic E-state index is 13.0. The van der Waals surface area contributed by atoms with Crippen molar-refractivity contribution in [1.82, 2.24) is 19.6 Å². The van der Waals surface area contributed by atoms with Gasteiger partial charge in [-0.25, -0.2) is 0 Å². The number of aromatic nitrogens is 2. The third kappa shape index (κ3) is 3.15. The summed E-state index contributed by atoms with van der Waals surface area (Å²) in [5.74, 6) is 0.129. The molecule has 6 heteroatoms. The Morgan fingerprint density at radius 1 is 1.35 bits per heavy atom. The number of hydrogen-bond donors (Lipinski definition) is 0. The Hall–Kier alpha value is -1.40. The summed E-state index contributed by atoms with van der Waals surface area (Å²) in [7, 11) is 2.18. The number of rotatable bonds is 3. The van der Waals surface area contributed by atoms with Gasteiger partial charge in [-0.3, -0.25) is 14.4 Å². The van der Waals surface area contributed by atoms with Crippen LogP contribution in [0.2, 0.25) is 0 Å². The normalized spacial score (nSPS) is 21.8. The largest absolute Gasteiger partial charge is 0.381 e. The Morgan fingerprint density at radius 3 is 2.78 bits per heavy atom. The van der Waals surface area contributed by atoms with Crippen molar-refractivity contribution in [2.75, 3.05) is 39.9 Å². The molecule has 1 aromatic heterocycles. The second kappa shape index (κ2) is 6.61. The quantitative estimate of drug-likeness (QED) is 0.848. The van der Waals surface area contributed by atoms with Crippen molar-refractivity contribution in [1.29, 1.82) is 0 Å². The Labute approximate surface area is 138 Å². The molecular formula is C17H28N4O2. The molecule has 2 fully saturated rings. The van der Waals surface area contributed by atoms with Crippen LogP contribution in [0.25, 0.3) is 0 Å². The van der Waals surface area contributed by atoms with E-state index in [1.54, 1.807) is 0 Å². The molecule has 128 valence electrons. The lowest BCUT2D eigenvalue weighted by Crippen LogP contribution is -2.63. The lowest BCUT2D eigenvalue weighted by Gasteiger charge is -2.51. The predicted molar refractivity (Wildman–Crippen MR) is 88.6 cm³/mol. The van der Waals surface area contributed by atoms with Gasteiger partial charge in [-0.05, 0) is 33.2 Å². The molecule has 0 saturated carbocycles. The van der Waals surface area contributed by atoms with Gasteiger partial charge in [-0.1, -0.05) is 6.92 Å². The minimum Gasteiger partial charge on any atom is -0.381 e. The van der Waals surface area contributed by atoms with Gasteiger partial charge in [0.05, 0.1) is 11.3 Å². The fourth-order valence-electron chi connectivity index (χ4n) is 3.77. The maximum absolute atomic E-state index is 13.0. The Balaban J connectivity index is 1.77. The Kier molecular flexibility index (Phi) is 4.73. The summed E-state index contributed by atoms with van der Waals surface area (Å²) < 4.78 is 7.42. The van der Waals surface area contributed by atoms with E-state index in [0.717, 1.165) is 69.9 Å². The maximum Gasteiger partial charge on any atom is 0.257 e. The number of ether oxygens (including phenoxy) is 1. The topological polar surface area (TPSA) is 50.6 Å². The first-order valence-corrected chi connectivity index (χ1v) is 8.68. The molecule has 3 heterocycles. The second-order valence-electron chi connectivity index (χ2n) is 6.88. The molecule has 0 radical (unpaired) electrons. The highest BCUT2D eigenvalue weighted by molar-refractivity contribution is 5.95. The zero-order valence-corrected chi connectivity index (χ0v) is 14.5.